The first-order valence-corrected chi connectivity index (χ1v) is 6.12. The van der Waals surface area contributed by atoms with Crippen molar-refractivity contribution in [1.82, 2.24) is 4.90 Å². The van der Waals surface area contributed by atoms with Gasteiger partial charge in [0, 0.05) is 31.0 Å². The summed E-state index contributed by atoms with van der Waals surface area (Å²) in [4.78, 5) is 23.7. The number of halogens is 1. The van der Waals surface area contributed by atoms with Crippen LogP contribution < -0.4 is 0 Å². The zero-order chi connectivity index (χ0) is 11.8. The molecule has 0 unspecified atom stereocenters. The van der Waals surface area contributed by atoms with Crippen molar-refractivity contribution in [3.63, 3.8) is 0 Å². The summed E-state index contributed by atoms with van der Waals surface area (Å²) in [7, 11) is 7.87. The summed E-state index contributed by atoms with van der Waals surface area (Å²) < 4.78 is 4.47. The molecule has 0 aliphatic carbocycles. The number of hydrogen-bond acceptors (Lipinski definition) is 4. The largest absolute Gasteiger partial charge is 0.466 e. The van der Waals surface area contributed by atoms with Gasteiger partial charge in [-0.1, -0.05) is 11.0 Å². The van der Waals surface area contributed by atoms with Gasteiger partial charge in [-0.25, -0.2) is 4.79 Å². The van der Waals surface area contributed by atoms with Crippen molar-refractivity contribution in [1.29, 1.82) is 0 Å². The molecule has 0 saturated carbocycles. The van der Waals surface area contributed by atoms with Gasteiger partial charge >= 0.3 is 5.97 Å². The van der Waals surface area contributed by atoms with Crippen LogP contribution in [0.25, 0.3) is 0 Å². The number of methoxy groups -OCH3 is 1. The van der Waals surface area contributed by atoms with Gasteiger partial charge in [0.1, 0.15) is 0 Å². The zero-order valence-electron chi connectivity index (χ0n) is 8.95. The molecule has 0 fully saturated rings. The fourth-order valence-corrected chi connectivity index (χ4v) is 1.47. The minimum absolute atomic E-state index is 0.127. The lowest BCUT2D eigenvalue weighted by Crippen LogP contribution is -2.29. The summed E-state index contributed by atoms with van der Waals surface area (Å²) in [6.45, 7) is 3.59. The van der Waals surface area contributed by atoms with Gasteiger partial charge in [-0.15, -0.1) is 0 Å². The van der Waals surface area contributed by atoms with Crippen molar-refractivity contribution in [3.8, 4) is 0 Å². The molecule has 0 aromatic carbocycles. The molecule has 0 N–H and O–H groups in total. The smallest absolute Gasteiger partial charge is 0.332 e. The molecule has 0 aliphatic rings. The SMILES string of the molecule is COC(=O)/C=C(\C)N(CCSCl)C(C)=O. The summed E-state index contributed by atoms with van der Waals surface area (Å²) in [6, 6.07) is 0. The van der Waals surface area contributed by atoms with Crippen LogP contribution in [-0.2, 0) is 14.3 Å². The summed E-state index contributed by atoms with van der Waals surface area (Å²) in [5, 5.41) is 0. The predicted molar refractivity (Wildman–Crippen MR) is 61.5 cm³/mol. The topological polar surface area (TPSA) is 46.6 Å². The van der Waals surface area contributed by atoms with Gasteiger partial charge in [-0.3, -0.25) is 4.79 Å². The van der Waals surface area contributed by atoms with E-state index in [0.29, 0.717) is 18.0 Å². The van der Waals surface area contributed by atoms with E-state index in [2.05, 4.69) is 4.74 Å². The van der Waals surface area contributed by atoms with E-state index in [1.165, 1.54) is 25.0 Å². The third-order valence-corrected chi connectivity index (χ3v) is 2.53. The van der Waals surface area contributed by atoms with Gasteiger partial charge in [0.2, 0.25) is 5.91 Å². The van der Waals surface area contributed by atoms with Crippen molar-refractivity contribution in [3.05, 3.63) is 11.8 Å². The Balaban J connectivity index is 4.54. The number of carbonyl (C=O) groups is 2. The van der Waals surface area contributed by atoms with Crippen LogP contribution in [0.3, 0.4) is 0 Å². The molecule has 15 heavy (non-hydrogen) atoms. The van der Waals surface area contributed by atoms with E-state index in [4.69, 9.17) is 10.7 Å². The Morgan fingerprint density at radius 1 is 1.47 bits per heavy atom. The van der Waals surface area contributed by atoms with Crippen molar-refractivity contribution >= 4 is 33.5 Å². The molecule has 0 saturated heterocycles. The van der Waals surface area contributed by atoms with E-state index in [1.807, 2.05) is 0 Å². The minimum atomic E-state index is -0.475. The van der Waals surface area contributed by atoms with E-state index in [1.54, 1.807) is 6.92 Å². The lowest BCUT2D eigenvalue weighted by molar-refractivity contribution is -0.135. The van der Waals surface area contributed by atoms with Crippen LogP contribution >= 0.6 is 21.7 Å². The van der Waals surface area contributed by atoms with Gasteiger partial charge in [0.05, 0.1) is 7.11 Å². The molecule has 0 aromatic heterocycles. The normalized spacial score (nSPS) is 11.1. The maximum absolute atomic E-state index is 11.2. The second-order valence-corrected chi connectivity index (χ2v) is 4.07. The number of amides is 1. The molecule has 0 radical (unpaired) electrons. The van der Waals surface area contributed by atoms with E-state index < -0.39 is 5.97 Å². The van der Waals surface area contributed by atoms with E-state index >= 15 is 0 Å². The Hall–Kier alpha value is -0.680. The van der Waals surface area contributed by atoms with Crippen molar-refractivity contribution in [2.75, 3.05) is 19.4 Å². The second-order valence-electron chi connectivity index (χ2n) is 2.79. The fraction of sp³-hybridized carbons (Fsp3) is 0.556. The van der Waals surface area contributed by atoms with Crippen LogP contribution in [0.5, 0.6) is 0 Å². The lowest BCUT2D eigenvalue weighted by Gasteiger charge is -2.20. The van der Waals surface area contributed by atoms with E-state index in [9.17, 15) is 9.59 Å². The highest BCUT2D eigenvalue weighted by Crippen LogP contribution is 2.10. The molecule has 0 bridgehead atoms. The molecule has 4 nitrogen and oxygen atoms in total. The minimum Gasteiger partial charge on any atom is -0.466 e. The fourth-order valence-electron chi connectivity index (χ4n) is 1.02. The first-order valence-electron chi connectivity index (χ1n) is 4.30. The number of carbonyl (C=O) groups excluding carboxylic acids is 2. The molecular formula is C9H14ClNO3S. The second kappa shape index (κ2) is 7.59. The Labute approximate surface area is 98.1 Å². The van der Waals surface area contributed by atoms with Gasteiger partial charge in [0.15, 0.2) is 0 Å². The van der Waals surface area contributed by atoms with Crippen molar-refractivity contribution in [2.24, 2.45) is 0 Å². The van der Waals surface area contributed by atoms with E-state index in [0.717, 1.165) is 11.0 Å². The van der Waals surface area contributed by atoms with Gasteiger partial charge in [-0.2, -0.15) is 0 Å². The molecule has 0 heterocycles. The third-order valence-electron chi connectivity index (χ3n) is 1.73. The van der Waals surface area contributed by atoms with Crippen LogP contribution in [0.1, 0.15) is 13.8 Å². The maximum Gasteiger partial charge on any atom is 0.332 e. The van der Waals surface area contributed by atoms with Gasteiger partial charge < -0.3 is 9.64 Å². The van der Waals surface area contributed by atoms with Crippen LogP contribution in [0.2, 0.25) is 0 Å². The number of hydrogen-bond donors (Lipinski definition) is 0. The molecule has 0 spiro atoms. The molecule has 0 rings (SSSR count). The van der Waals surface area contributed by atoms with Crippen molar-refractivity contribution < 1.29 is 14.3 Å². The highest BCUT2D eigenvalue weighted by molar-refractivity contribution is 8.21. The number of allylic oxidation sites excluding steroid dienone is 1. The Morgan fingerprint density at radius 3 is 2.47 bits per heavy atom. The Morgan fingerprint density at radius 2 is 2.07 bits per heavy atom. The van der Waals surface area contributed by atoms with Crippen molar-refractivity contribution in [2.45, 2.75) is 13.8 Å². The van der Waals surface area contributed by atoms with E-state index in [-0.39, 0.29) is 5.91 Å². The summed E-state index contributed by atoms with van der Waals surface area (Å²) >= 11 is 0. The number of rotatable bonds is 5. The highest BCUT2D eigenvalue weighted by atomic mass is 35.7. The molecule has 0 aliphatic heterocycles. The summed E-state index contributed by atoms with van der Waals surface area (Å²) in [5.41, 5.74) is 0.556. The third kappa shape index (κ3) is 5.69. The quantitative estimate of drug-likeness (QED) is 0.552. The molecule has 1 amide bonds. The first kappa shape index (κ1) is 14.3. The maximum atomic E-state index is 11.2. The standard InChI is InChI=1S/C9H14ClNO3S/c1-7(6-9(13)14-3)11(8(2)12)4-5-15-10/h6H,4-5H2,1-3H3/b7-6+. The number of nitrogens with zero attached hydrogens (tertiary/aromatic N) is 1. The summed E-state index contributed by atoms with van der Waals surface area (Å²) in [6.07, 6.45) is 1.28. The molecule has 0 atom stereocenters. The average molecular weight is 252 g/mol. The van der Waals surface area contributed by atoms with Crippen LogP contribution in [0.15, 0.2) is 11.8 Å². The molecule has 6 heteroatoms. The van der Waals surface area contributed by atoms with Gasteiger partial charge in [0.25, 0.3) is 0 Å². The van der Waals surface area contributed by atoms with Gasteiger partial charge in [-0.05, 0) is 17.6 Å². The monoisotopic (exact) mass is 251 g/mol. The van der Waals surface area contributed by atoms with Crippen LogP contribution in [-0.4, -0.2) is 36.2 Å². The Bertz CT molecular complexity index is 268. The van der Waals surface area contributed by atoms with Crippen LogP contribution in [0.4, 0.5) is 0 Å². The lowest BCUT2D eigenvalue weighted by atomic mass is 10.3. The molecule has 86 valence electrons. The summed E-state index contributed by atoms with van der Waals surface area (Å²) in [5.74, 6) is 0.00340. The molecule has 0 aromatic rings. The average Bonchev–Trinajstić information content (AvgIpc) is 2.17. The number of esters is 1. The molecular weight excluding hydrogens is 238 g/mol. The zero-order valence-corrected chi connectivity index (χ0v) is 10.5. The van der Waals surface area contributed by atoms with Crippen LogP contribution in [0, 0.1) is 0 Å². The first-order chi connectivity index (χ1) is 7.02. The predicted octanol–water partition coefficient (Wildman–Crippen LogP) is 1.80. The Kier molecular flexibility index (Phi) is 7.25. The highest BCUT2D eigenvalue weighted by Gasteiger charge is 2.11. The number of ether oxygens (including phenoxy) is 1.